The van der Waals surface area contributed by atoms with Crippen LogP contribution in [0.15, 0.2) is 24.3 Å². The summed E-state index contributed by atoms with van der Waals surface area (Å²) >= 11 is 0. The molecule has 0 heterocycles. The molecule has 0 saturated carbocycles. The number of hydrogen-bond donors (Lipinski definition) is 0. The topological polar surface area (TPSA) is 86.7 Å². The maximum atomic E-state index is 12.8. The van der Waals surface area contributed by atoms with Crippen LogP contribution < -0.4 is 0 Å². The number of benzene rings is 1. The van der Waals surface area contributed by atoms with Crippen molar-refractivity contribution in [3.05, 3.63) is 35.4 Å². The van der Waals surface area contributed by atoms with Crippen LogP contribution >= 0.6 is 0 Å². The molecule has 2 atom stereocenters. The Kier molecular flexibility index (Phi) is 5.40. The fourth-order valence-corrected chi connectivity index (χ4v) is 2.89. The van der Waals surface area contributed by atoms with E-state index in [0.29, 0.717) is 0 Å². The Labute approximate surface area is 146 Å². The quantitative estimate of drug-likeness (QED) is 0.615. The summed E-state index contributed by atoms with van der Waals surface area (Å²) in [5.74, 6) is -4.77. The summed E-state index contributed by atoms with van der Waals surface area (Å²) in [5, 5.41) is 0. The summed E-state index contributed by atoms with van der Waals surface area (Å²) in [7, 11) is 0. The van der Waals surface area contributed by atoms with E-state index in [1.807, 2.05) is 0 Å². The lowest BCUT2D eigenvalue weighted by Crippen LogP contribution is -2.43. The van der Waals surface area contributed by atoms with Crippen molar-refractivity contribution in [3.8, 4) is 0 Å². The van der Waals surface area contributed by atoms with E-state index in [1.54, 1.807) is 39.8 Å². The number of ether oxygens (including phenoxy) is 2. The van der Waals surface area contributed by atoms with Crippen LogP contribution in [0.5, 0.6) is 0 Å². The maximum absolute atomic E-state index is 12.8. The Morgan fingerprint density at radius 3 is 2.12 bits per heavy atom. The van der Waals surface area contributed by atoms with Gasteiger partial charge >= 0.3 is 11.9 Å². The Morgan fingerprint density at radius 1 is 1.04 bits per heavy atom. The minimum atomic E-state index is -1.32. The van der Waals surface area contributed by atoms with Gasteiger partial charge in [0.15, 0.2) is 11.6 Å². The lowest BCUT2D eigenvalue weighted by molar-refractivity contribution is -0.156. The molecule has 0 aromatic heterocycles. The van der Waals surface area contributed by atoms with Crippen molar-refractivity contribution in [1.82, 2.24) is 0 Å². The Bertz CT molecular complexity index is 713. The third-order valence-corrected chi connectivity index (χ3v) is 3.83. The maximum Gasteiger partial charge on any atom is 0.317 e. The molecule has 2 rings (SSSR count). The number of Topliss-reactive ketones (excluding diaryl/α,β-unsaturated/α-hetero) is 2. The average Bonchev–Trinajstić information content (AvgIpc) is 2.51. The van der Waals surface area contributed by atoms with Crippen molar-refractivity contribution in [3.63, 3.8) is 0 Å². The van der Waals surface area contributed by atoms with E-state index in [9.17, 15) is 19.2 Å². The summed E-state index contributed by atoms with van der Waals surface area (Å²) in [6, 6.07) is 6.30. The molecular weight excluding hydrogens is 324 g/mol. The monoisotopic (exact) mass is 346 g/mol. The van der Waals surface area contributed by atoms with Gasteiger partial charge < -0.3 is 9.47 Å². The van der Waals surface area contributed by atoms with Gasteiger partial charge in [-0.05, 0) is 27.7 Å². The summed E-state index contributed by atoms with van der Waals surface area (Å²) in [5.41, 5.74) is -0.316. The molecule has 134 valence electrons. The minimum Gasteiger partial charge on any atom is -0.465 e. The lowest BCUT2D eigenvalue weighted by Gasteiger charge is -2.29. The molecule has 1 aliphatic rings. The number of carbonyl (C=O) groups is 4. The zero-order valence-electron chi connectivity index (χ0n) is 14.8. The zero-order chi connectivity index (χ0) is 18.8. The number of carbonyl (C=O) groups excluding carboxylic acids is 4. The number of fused-ring (bicyclic) bond motifs is 1. The molecule has 1 aromatic carbocycles. The van der Waals surface area contributed by atoms with Gasteiger partial charge in [-0.15, -0.1) is 0 Å². The van der Waals surface area contributed by atoms with Crippen molar-refractivity contribution >= 4 is 23.5 Å². The summed E-state index contributed by atoms with van der Waals surface area (Å²) in [6.45, 7) is 6.81. The first-order chi connectivity index (χ1) is 11.7. The van der Waals surface area contributed by atoms with Crippen LogP contribution in [0.1, 0.15) is 54.8 Å². The van der Waals surface area contributed by atoms with Crippen molar-refractivity contribution < 1.29 is 28.7 Å². The van der Waals surface area contributed by atoms with Gasteiger partial charge in [0.25, 0.3) is 0 Å². The first-order valence-electron chi connectivity index (χ1n) is 8.21. The van der Waals surface area contributed by atoms with Crippen LogP contribution in [0.2, 0.25) is 0 Å². The second kappa shape index (κ2) is 7.17. The van der Waals surface area contributed by atoms with Gasteiger partial charge in [0.2, 0.25) is 0 Å². The first kappa shape index (κ1) is 18.8. The van der Waals surface area contributed by atoms with Crippen molar-refractivity contribution in [2.24, 2.45) is 11.8 Å². The molecule has 1 aliphatic carbocycles. The van der Waals surface area contributed by atoms with Crippen LogP contribution in [-0.2, 0) is 19.1 Å². The van der Waals surface area contributed by atoms with Gasteiger partial charge in [0, 0.05) is 11.1 Å². The molecule has 0 radical (unpaired) electrons. The van der Waals surface area contributed by atoms with Crippen molar-refractivity contribution in [2.45, 2.75) is 39.7 Å². The number of rotatable bonds is 4. The highest BCUT2D eigenvalue weighted by molar-refractivity contribution is 6.22. The van der Waals surface area contributed by atoms with E-state index in [0.717, 1.165) is 0 Å². The summed E-state index contributed by atoms with van der Waals surface area (Å²) in [6.07, 6.45) is -0.348. The highest BCUT2D eigenvalue weighted by atomic mass is 16.6. The molecule has 0 aliphatic heterocycles. The molecule has 0 saturated heterocycles. The van der Waals surface area contributed by atoms with E-state index in [4.69, 9.17) is 9.47 Å². The zero-order valence-corrected chi connectivity index (χ0v) is 14.8. The SMILES string of the molecule is CCOC(=O)C1C(=O)c2ccccc2C(=O)C1CC(=O)OC(C)(C)C. The Morgan fingerprint density at radius 2 is 1.60 bits per heavy atom. The molecule has 0 amide bonds. The highest BCUT2D eigenvalue weighted by Gasteiger charge is 2.47. The van der Waals surface area contributed by atoms with Crippen LogP contribution in [0, 0.1) is 11.8 Å². The largest absolute Gasteiger partial charge is 0.465 e. The molecule has 0 bridgehead atoms. The van der Waals surface area contributed by atoms with E-state index in [2.05, 4.69) is 0 Å². The summed E-state index contributed by atoms with van der Waals surface area (Å²) in [4.78, 5) is 50.0. The standard InChI is InChI=1S/C19H22O6/c1-5-24-18(23)15-13(10-14(20)25-19(2,3)4)16(21)11-8-6-7-9-12(11)17(15)22/h6-9,13,15H,5,10H2,1-4H3. The molecule has 0 fully saturated rings. The minimum absolute atomic E-state index is 0.0810. The predicted molar refractivity (Wildman–Crippen MR) is 89.2 cm³/mol. The molecular formula is C19H22O6. The van der Waals surface area contributed by atoms with Crippen molar-refractivity contribution in [2.75, 3.05) is 6.61 Å². The Balaban J connectivity index is 2.39. The molecule has 0 N–H and O–H groups in total. The third kappa shape index (κ3) is 4.13. The van der Waals surface area contributed by atoms with Gasteiger partial charge in [0.1, 0.15) is 11.5 Å². The smallest absolute Gasteiger partial charge is 0.317 e. The molecule has 25 heavy (non-hydrogen) atoms. The number of ketones is 2. The molecule has 1 aromatic rings. The fraction of sp³-hybridized carbons (Fsp3) is 0.474. The van der Waals surface area contributed by atoms with Crippen LogP contribution in [0.3, 0.4) is 0 Å². The van der Waals surface area contributed by atoms with Gasteiger partial charge in [-0.2, -0.15) is 0 Å². The van der Waals surface area contributed by atoms with Gasteiger partial charge in [-0.25, -0.2) is 0 Å². The van der Waals surface area contributed by atoms with Crippen LogP contribution in [0.25, 0.3) is 0 Å². The third-order valence-electron chi connectivity index (χ3n) is 3.83. The molecule has 2 unspecified atom stereocenters. The van der Waals surface area contributed by atoms with E-state index in [-0.39, 0.29) is 24.2 Å². The van der Waals surface area contributed by atoms with Crippen LogP contribution in [-0.4, -0.2) is 35.7 Å². The normalized spacial score (nSPS) is 20.0. The molecule has 6 heteroatoms. The molecule has 0 spiro atoms. The first-order valence-corrected chi connectivity index (χ1v) is 8.21. The number of esters is 2. The van der Waals surface area contributed by atoms with Crippen LogP contribution in [0.4, 0.5) is 0 Å². The van der Waals surface area contributed by atoms with E-state index < -0.39 is 40.9 Å². The summed E-state index contributed by atoms with van der Waals surface area (Å²) < 4.78 is 10.2. The lowest BCUT2D eigenvalue weighted by atomic mass is 9.72. The number of hydrogen-bond acceptors (Lipinski definition) is 6. The molecule has 6 nitrogen and oxygen atoms in total. The van der Waals surface area contributed by atoms with E-state index in [1.165, 1.54) is 12.1 Å². The average molecular weight is 346 g/mol. The van der Waals surface area contributed by atoms with Gasteiger partial charge in [-0.1, -0.05) is 24.3 Å². The highest BCUT2D eigenvalue weighted by Crippen LogP contribution is 2.34. The second-order valence-electron chi connectivity index (χ2n) is 6.90. The van der Waals surface area contributed by atoms with Gasteiger partial charge in [-0.3, -0.25) is 19.2 Å². The fourth-order valence-electron chi connectivity index (χ4n) is 2.89. The van der Waals surface area contributed by atoms with Crippen molar-refractivity contribution in [1.29, 1.82) is 0 Å². The van der Waals surface area contributed by atoms with Gasteiger partial charge in [0.05, 0.1) is 18.9 Å². The predicted octanol–water partition coefficient (Wildman–Crippen LogP) is 2.59. The Hall–Kier alpha value is -2.50. The van der Waals surface area contributed by atoms with E-state index >= 15 is 0 Å². The second-order valence-corrected chi connectivity index (χ2v) is 6.90.